The highest BCUT2D eigenvalue weighted by molar-refractivity contribution is 7.91. The van der Waals surface area contributed by atoms with E-state index in [0.717, 1.165) is 24.2 Å². The Hall–Kier alpha value is -1.07. The first-order chi connectivity index (χ1) is 9.90. The molecule has 116 valence electrons. The van der Waals surface area contributed by atoms with Gasteiger partial charge < -0.3 is 4.57 Å². The Bertz CT molecular complexity index is 737. The molecule has 0 radical (unpaired) electrons. The van der Waals surface area contributed by atoms with Crippen LogP contribution >= 0.6 is 11.6 Å². The highest BCUT2D eigenvalue weighted by Gasteiger charge is 2.20. The van der Waals surface area contributed by atoms with Crippen molar-refractivity contribution in [2.24, 2.45) is 0 Å². The number of para-hydroxylation sites is 1. The fourth-order valence-corrected chi connectivity index (χ4v) is 3.73. The molecule has 1 atom stereocenters. The molecule has 2 aromatic rings. The SMILES string of the molecule is CCCC(C)n1c(CCCl)nc2c(S(C)(=O)=O)cccc21. The minimum atomic E-state index is -3.29. The molecule has 0 aliphatic rings. The lowest BCUT2D eigenvalue weighted by molar-refractivity contribution is 0.496. The Balaban J connectivity index is 2.74. The molecule has 1 aromatic heterocycles. The number of hydrogen-bond donors (Lipinski definition) is 0. The van der Waals surface area contributed by atoms with Crippen LogP contribution in [-0.2, 0) is 16.3 Å². The summed E-state index contributed by atoms with van der Waals surface area (Å²) in [6.07, 6.45) is 3.93. The Kier molecular flexibility index (Phi) is 4.94. The molecule has 1 aromatic carbocycles. The van der Waals surface area contributed by atoms with Crippen LogP contribution in [0.3, 0.4) is 0 Å². The molecule has 6 heteroatoms. The van der Waals surface area contributed by atoms with Crippen molar-refractivity contribution < 1.29 is 8.42 Å². The number of halogens is 1. The van der Waals surface area contributed by atoms with Gasteiger partial charge in [0.1, 0.15) is 11.3 Å². The molecule has 0 aliphatic carbocycles. The first-order valence-electron chi connectivity index (χ1n) is 7.16. The Morgan fingerprint density at radius 1 is 1.38 bits per heavy atom. The average Bonchev–Trinajstić information content (AvgIpc) is 2.75. The summed E-state index contributed by atoms with van der Waals surface area (Å²) in [5, 5.41) is 0. The van der Waals surface area contributed by atoms with E-state index in [1.165, 1.54) is 6.26 Å². The highest BCUT2D eigenvalue weighted by Crippen LogP contribution is 2.28. The summed E-state index contributed by atoms with van der Waals surface area (Å²) in [5.74, 6) is 1.33. The lowest BCUT2D eigenvalue weighted by Gasteiger charge is -2.16. The van der Waals surface area contributed by atoms with Gasteiger partial charge in [0, 0.05) is 24.6 Å². The molecule has 0 fully saturated rings. The van der Waals surface area contributed by atoms with Gasteiger partial charge in [0.05, 0.1) is 10.4 Å². The summed E-state index contributed by atoms with van der Waals surface area (Å²) in [5.41, 5.74) is 1.43. The standard InChI is InChI=1S/C15H21ClN2O2S/c1-4-6-11(2)18-12-7-5-8-13(21(3,19)20)15(12)17-14(18)9-10-16/h5,7-8,11H,4,6,9-10H2,1-3H3. The minimum absolute atomic E-state index is 0.271. The van der Waals surface area contributed by atoms with Gasteiger partial charge in [-0.1, -0.05) is 19.4 Å². The smallest absolute Gasteiger partial charge is 0.177 e. The number of imidazole rings is 1. The molecule has 21 heavy (non-hydrogen) atoms. The van der Waals surface area contributed by atoms with Crippen molar-refractivity contribution in [2.75, 3.05) is 12.1 Å². The lowest BCUT2D eigenvalue weighted by Crippen LogP contribution is -2.09. The number of sulfone groups is 1. The van der Waals surface area contributed by atoms with E-state index in [1.807, 2.05) is 6.07 Å². The second-order valence-electron chi connectivity index (χ2n) is 5.37. The number of aromatic nitrogens is 2. The lowest BCUT2D eigenvalue weighted by atomic mass is 10.2. The first-order valence-corrected chi connectivity index (χ1v) is 9.58. The van der Waals surface area contributed by atoms with Crippen molar-refractivity contribution in [3.8, 4) is 0 Å². The number of hydrogen-bond acceptors (Lipinski definition) is 3. The normalized spacial score (nSPS) is 13.7. The third-order valence-corrected chi connectivity index (χ3v) is 4.94. The van der Waals surface area contributed by atoms with Gasteiger partial charge in [0.2, 0.25) is 0 Å². The zero-order chi connectivity index (χ0) is 15.6. The first kappa shape index (κ1) is 16.3. The maximum absolute atomic E-state index is 11.9. The van der Waals surface area contributed by atoms with Crippen molar-refractivity contribution in [3.63, 3.8) is 0 Å². The van der Waals surface area contributed by atoms with Crippen LogP contribution in [-0.4, -0.2) is 30.1 Å². The number of aryl methyl sites for hydroxylation is 1. The largest absolute Gasteiger partial charge is 0.325 e. The van der Waals surface area contributed by atoms with E-state index in [0.29, 0.717) is 22.7 Å². The number of nitrogens with zero attached hydrogens (tertiary/aromatic N) is 2. The quantitative estimate of drug-likeness (QED) is 0.761. The van der Waals surface area contributed by atoms with E-state index in [9.17, 15) is 8.42 Å². The van der Waals surface area contributed by atoms with Crippen LogP contribution in [0.4, 0.5) is 0 Å². The molecule has 1 unspecified atom stereocenters. The fourth-order valence-electron chi connectivity index (χ4n) is 2.74. The van der Waals surface area contributed by atoms with Crippen molar-refractivity contribution in [1.82, 2.24) is 9.55 Å². The summed E-state index contributed by atoms with van der Waals surface area (Å²) in [6.45, 7) is 4.27. The predicted octanol–water partition coefficient (Wildman–Crippen LogP) is 3.58. The maximum atomic E-state index is 11.9. The van der Waals surface area contributed by atoms with Crippen LogP contribution in [0.25, 0.3) is 11.0 Å². The van der Waals surface area contributed by atoms with Gasteiger partial charge in [-0.3, -0.25) is 0 Å². The van der Waals surface area contributed by atoms with Gasteiger partial charge in [0.25, 0.3) is 0 Å². The van der Waals surface area contributed by atoms with Gasteiger partial charge in [-0.05, 0) is 25.5 Å². The number of rotatable bonds is 6. The second-order valence-corrected chi connectivity index (χ2v) is 7.73. The summed E-state index contributed by atoms with van der Waals surface area (Å²) < 4.78 is 26.0. The van der Waals surface area contributed by atoms with Gasteiger partial charge in [-0.15, -0.1) is 11.6 Å². The van der Waals surface area contributed by atoms with Crippen molar-refractivity contribution in [3.05, 3.63) is 24.0 Å². The number of fused-ring (bicyclic) bond motifs is 1. The average molecular weight is 329 g/mol. The van der Waals surface area contributed by atoms with E-state index >= 15 is 0 Å². The zero-order valence-corrected chi connectivity index (χ0v) is 14.2. The molecule has 0 spiro atoms. The van der Waals surface area contributed by atoms with E-state index < -0.39 is 9.84 Å². The van der Waals surface area contributed by atoms with Crippen LogP contribution in [0.5, 0.6) is 0 Å². The van der Waals surface area contributed by atoms with E-state index in [2.05, 4.69) is 23.4 Å². The Labute approximate surface area is 131 Å². The topological polar surface area (TPSA) is 52.0 Å². The third kappa shape index (κ3) is 3.24. The van der Waals surface area contributed by atoms with Gasteiger partial charge >= 0.3 is 0 Å². The third-order valence-electron chi connectivity index (χ3n) is 3.62. The van der Waals surface area contributed by atoms with Gasteiger partial charge in [-0.2, -0.15) is 0 Å². The second kappa shape index (κ2) is 6.36. The van der Waals surface area contributed by atoms with E-state index in [4.69, 9.17) is 11.6 Å². The van der Waals surface area contributed by atoms with Gasteiger partial charge in [0.15, 0.2) is 9.84 Å². The molecule has 0 saturated carbocycles. The number of alkyl halides is 1. The maximum Gasteiger partial charge on any atom is 0.177 e. The monoisotopic (exact) mass is 328 g/mol. The minimum Gasteiger partial charge on any atom is -0.325 e. The molecule has 0 aliphatic heterocycles. The highest BCUT2D eigenvalue weighted by atomic mass is 35.5. The zero-order valence-electron chi connectivity index (χ0n) is 12.6. The molecule has 4 nitrogen and oxygen atoms in total. The summed E-state index contributed by atoms with van der Waals surface area (Å²) in [4.78, 5) is 4.86. The molecular formula is C15H21ClN2O2S. The number of benzene rings is 1. The van der Waals surface area contributed by atoms with Crippen LogP contribution in [0, 0.1) is 0 Å². The summed E-state index contributed by atoms with van der Waals surface area (Å²) >= 11 is 5.88. The van der Waals surface area contributed by atoms with Crippen molar-refractivity contribution in [2.45, 2.75) is 44.0 Å². The van der Waals surface area contributed by atoms with Gasteiger partial charge in [-0.25, -0.2) is 13.4 Å². The van der Waals surface area contributed by atoms with E-state index in [-0.39, 0.29) is 6.04 Å². The molecule has 1 heterocycles. The Morgan fingerprint density at radius 3 is 2.67 bits per heavy atom. The van der Waals surface area contributed by atoms with Crippen LogP contribution in [0.15, 0.2) is 23.1 Å². The van der Waals surface area contributed by atoms with Crippen LogP contribution in [0.1, 0.15) is 38.6 Å². The molecule has 0 N–H and O–H groups in total. The molecular weight excluding hydrogens is 308 g/mol. The molecule has 0 saturated heterocycles. The van der Waals surface area contributed by atoms with E-state index in [1.54, 1.807) is 12.1 Å². The van der Waals surface area contributed by atoms with Crippen molar-refractivity contribution >= 4 is 32.5 Å². The molecule has 2 rings (SSSR count). The fraction of sp³-hybridized carbons (Fsp3) is 0.533. The Morgan fingerprint density at radius 2 is 2.10 bits per heavy atom. The summed E-state index contributed by atoms with van der Waals surface area (Å²) in [7, 11) is -3.29. The molecule has 0 amide bonds. The molecule has 0 bridgehead atoms. The van der Waals surface area contributed by atoms with Crippen LogP contribution < -0.4 is 0 Å². The van der Waals surface area contributed by atoms with Crippen LogP contribution in [0.2, 0.25) is 0 Å². The van der Waals surface area contributed by atoms with Crippen molar-refractivity contribution in [1.29, 1.82) is 0 Å². The summed E-state index contributed by atoms with van der Waals surface area (Å²) in [6, 6.07) is 5.60. The predicted molar refractivity (Wildman–Crippen MR) is 86.9 cm³/mol.